The van der Waals surface area contributed by atoms with Crippen molar-refractivity contribution < 1.29 is 28.9 Å². The van der Waals surface area contributed by atoms with Gasteiger partial charge in [0.15, 0.2) is 0 Å². The van der Waals surface area contributed by atoms with Crippen LogP contribution in [0.1, 0.15) is 121 Å². The number of piperidine rings is 2. The first-order valence-electron chi connectivity index (χ1n) is 16.8. The molecule has 4 saturated heterocycles. The fourth-order valence-corrected chi connectivity index (χ4v) is 11.5. The zero-order valence-corrected chi connectivity index (χ0v) is 30.5. The fourth-order valence-electron chi connectivity index (χ4n) is 11.5. The van der Waals surface area contributed by atoms with Crippen molar-refractivity contribution in [2.45, 2.75) is 160 Å². The quantitative estimate of drug-likeness (QED) is 0.416. The number of rotatable bonds is 5. The van der Waals surface area contributed by atoms with Crippen LogP contribution in [-0.4, -0.2) is 104 Å². The average Bonchev–Trinajstić information content (AvgIpc) is 3.17. The second-order valence-electron chi connectivity index (χ2n) is 18.7. The first-order valence-corrected chi connectivity index (χ1v) is 16.8. The molecule has 0 aromatic rings. The van der Waals surface area contributed by atoms with Crippen molar-refractivity contribution in [2.75, 3.05) is 20.8 Å². The number of imide groups is 2. The summed E-state index contributed by atoms with van der Waals surface area (Å²) in [6, 6.07) is -1.12. The van der Waals surface area contributed by atoms with Crippen molar-refractivity contribution in [2.24, 2.45) is 10.8 Å². The van der Waals surface area contributed by atoms with E-state index in [0.717, 1.165) is 6.42 Å². The molecule has 2 spiro atoms. The zero-order valence-electron chi connectivity index (χ0n) is 30.5. The monoisotopic (exact) mass is 646 g/mol. The number of hydrogen-bond donors (Lipinski definition) is 2. The Morgan fingerprint density at radius 3 is 1.46 bits per heavy atom. The molecule has 0 aromatic heterocycles. The SMILES string of the molecule is CON1C(C)(C)CC2(CC1(C)C)NC(=O)N(CC1(C)CC(N3C(=O)NC4(CC(C)(C)N(OC)C(C)(C)C4)C3=O)CC(C)(C)C1)C2=O. The summed E-state index contributed by atoms with van der Waals surface area (Å²) in [7, 11) is 3.29. The zero-order chi connectivity index (χ0) is 34.7. The molecule has 0 aromatic carbocycles. The molecule has 2 atom stereocenters. The molecule has 12 heteroatoms. The van der Waals surface area contributed by atoms with Gasteiger partial charge in [-0.1, -0.05) is 20.8 Å². The van der Waals surface area contributed by atoms with E-state index < -0.39 is 38.6 Å². The molecular formula is C34H58N6O6. The summed E-state index contributed by atoms with van der Waals surface area (Å²) < 4.78 is 0. The molecule has 1 saturated carbocycles. The van der Waals surface area contributed by atoms with Crippen LogP contribution in [0.2, 0.25) is 0 Å². The molecule has 0 radical (unpaired) electrons. The molecule has 46 heavy (non-hydrogen) atoms. The topological polar surface area (TPSA) is 124 Å². The Labute approximate surface area is 275 Å². The van der Waals surface area contributed by atoms with Gasteiger partial charge in [-0.2, -0.15) is 10.1 Å². The lowest BCUT2D eigenvalue weighted by molar-refractivity contribution is -0.273. The molecule has 4 aliphatic heterocycles. The summed E-state index contributed by atoms with van der Waals surface area (Å²) >= 11 is 0. The number of carbonyl (C=O) groups excluding carboxylic acids is 4. The third-order valence-electron chi connectivity index (χ3n) is 11.3. The lowest BCUT2D eigenvalue weighted by Gasteiger charge is -2.56. The van der Waals surface area contributed by atoms with Gasteiger partial charge in [-0.3, -0.25) is 19.4 Å². The predicted molar refractivity (Wildman–Crippen MR) is 173 cm³/mol. The van der Waals surface area contributed by atoms with Gasteiger partial charge >= 0.3 is 12.1 Å². The van der Waals surface area contributed by atoms with Crippen molar-refractivity contribution in [3.05, 3.63) is 0 Å². The molecule has 6 amide bonds. The predicted octanol–water partition coefficient (Wildman–Crippen LogP) is 4.58. The Balaban J connectivity index is 1.40. The number of nitrogens with one attached hydrogen (secondary N) is 2. The van der Waals surface area contributed by atoms with Crippen molar-refractivity contribution in [1.29, 1.82) is 0 Å². The minimum atomic E-state index is -1.04. The van der Waals surface area contributed by atoms with E-state index in [2.05, 4.69) is 31.4 Å². The minimum Gasteiger partial charge on any atom is -0.323 e. The van der Waals surface area contributed by atoms with Gasteiger partial charge in [-0.15, -0.1) is 0 Å². The smallest absolute Gasteiger partial charge is 0.323 e. The highest BCUT2D eigenvalue weighted by Crippen LogP contribution is 2.52. The Kier molecular flexibility index (Phi) is 7.89. The highest BCUT2D eigenvalue weighted by molar-refractivity contribution is 6.08. The van der Waals surface area contributed by atoms with Crippen LogP contribution < -0.4 is 10.6 Å². The molecule has 2 N–H and O–H groups in total. The van der Waals surface area contributed by atoms with Crippen LogP contribution in [0.3, 0.4) is 0 Å². The number of urea groups is 2. The van der Waals surface area contributed by atoms with Gasteiger partial charge in [0.1, 0.15) is 11.1 Å². The van der Waals surface area contributed by atoms with Gasteiger partial charge in [0.25, 0.3) is 11.8 Å². The number of amides is 6. The van der Waals surface area contributed by atoms with E-state index >= 15 is 0 Å². The molecule has 5 fully saturated rings. The number of hydrogen-bond acceptors (Lipinski definition) is 8. The molecule has 5 rings (SSSR count). The van der Waals surface area contributed by atoms with E-state index in [1.54, 1.807) is 14.2 Å². The normalized spacial score (nSPS) is 34.3. The maximum Gasteiger partial charge on any atom is 0.325 e. The highest BCUT2D eigenvalue weighted by atomic mass is 16.7. The van der Waals surface area contributed by atoms with Crippen LogP contribution in [-0.2, 0) is 19.3 Å². The third-order valence-corrected chi connectivity index (χ3v) is 11.3. The summed E-state index contributed by atoms with van der Waals surface area (Å²) in [6.45, 7) is 22.9. The van der Waals surface area contributed by atoms with E-state index in [9.17, 15) is 19.2 Å². The van der Waals surface area contributed by atoms with Crippen molar-refractivity contribution in [3.63, 3.8) is 0 Å². The van der Waals surface area contributed by atoms with Gasteiger partial charge in [0.2, 0.25) is 0 Å². The van der Waals surface area contributed by atoms with E-state index in [0.29, 0.717) is 38.5 Å². The molecular weight excluding hydrogens is 588 g/mol. The Morgan fingerprint density at radius 2 is 1.02 bits per heavy atom. The Hall–Kier alpha value is -2.28. The van der Waals surface area contributed by atoms with Crippen LogP contribution in [0.25, 0.3) is 0 Å². The van der Waals surface area contributed by atoms with E-state index in [1.165, 1.54) is 9.80 Å². The Bertz CT molecular complexity index is 1290. The lowest BCUT2D eigenvalue weighted by Crippen LogP contribution is -2.69. The second-order valence-corrected chi connectivity index (χ2v) is 18.7. The summed E-state index contributed by atoms with van der Waals surface area (Å²) in [4.78, 5) is 70.5. The van der Waals surface area contributed by atoms with Gasteiger partial charge in [0, 0.05) is 34.7 Å². The van der Waals surface area contributed by atoms with Crippen molar-refractivity contribution in [3.8, 4) is 0 Å². The maximum absolute atomic E-state index is 14.4. The van der Waals surface area contributed by atoms with Crippen molar-refractivity contribution in [1.82, 2.24) is 30.6 Å². The van der Waals surface area contributed by atoms with Gasteiger partial charge in [-0.25, -0.2) is 9.59 Å². The maximum atomic E-state index is 14.4. The van der Waals surface area contributed by atoms with Crippen LogP contribution in [0.15, 0.2) is 0 Å². The summed E-state index contributed by atoms with van der Waals surface area (Å²) in [5.41, 5.74) is -4.83. The van der Waals surface area contributed by atoms with Crippen molar-refractivity contribution >= 4 is 23.9 Å². The summed E-state index contributed by atoms with van der Waals surface area (Å²) in [5, 5.41) is 10.1. The highest BCUT2D eigenvalue weighted by Gasteiger charge is 2.65. The van der Waals surface area contributed by atoms with Crippen LogP contribution in [0.4, 0.5) is 9.59 Å². The number of carbonyl (C=O) groups is 4. The molecule has 12 nitrogen and oxygen atoms in total. The molecule has 1 aliphatic carbocycles. The largest absolute Gasteiger partial charge is 0.325 e. The standard InChI is InChI=1S/C34H58N6O6/c1-27(2)14-22(38-24(42)34(36-26(38)44)19-30(7,8)40(46-13)31(9,10)20-34)15-32(11,16-27)21-37-23(41)33(35-25(37)43)17-28(3,4)39(45-12)29(5,6)18-33/h22H,14-21H2,1-13H3,(H,35,43)(H,36,44). The molecule has 4 heterocycles. The molecule has 5 aliphatic rings. The summed E-state index contributed by atoms with van der Waals surface area (Å²) in [6.07, 6.45) is 3.57. The van der Waals surface area contributed by atoms with Gasteiger partial charge < -0.3 is 20.3 Å². The van der Waals surface area contributed by atoms with Gasteiger partial charge in [0.05, 0.1) is 14.2 Å². The molecule has 2 unspecified atom stereocenters. The average molecular weight is 647 g/mol. The second kappa shape index (κ2) is 10.4. The number of hydroxylamine groups is 4. The lowest BCUT2D eigenvalue weighted by atomic mass is 9.62. The van der Waals surface area contributed by atoms with E-state index in [-0.39, 0.29) is 41.9 Å². The fraction of sp³-hybridized carbons (Fsp3) is 0.882. The first kappa shape index (κ1) is 35.0. The first-order chi connectivity index (χ1) is 20.8. The Morgan fingerprint density at radius 1 is 0.609 bits per heavy atom. The molecule has 260 valence electrons. The minimum absolute atomic E-state index is 0.192. The van der Waals surface area contributed by atoms with Crippen LogP contribution in [0, 0.1) is 10.8 Å². The third kappa shape index (κ3) is 5.44. The van der Waals surface area contributed by atoms with E-state index in [1.807, 2.05) is 65.5 Å². The summed E-state index contributed by atoms with van der Waals surface area (Å²) in [5.74, 6) is -0.401. The number of nitrogens with zero attached hydrogens (tertiary/aromatic N) is 4. The van der Waals surface area contributed by atoms with Crippen LogP contribution in [0.5, 0.6) is 0 Å². The molecule has 0 bridgehead atoms. The van der Waals surface area contributed by atoms with Crippen LogP contribution >= 0.6 is 0 Å². The van der Waals surface area contributed by atoms with Gasteiger partial charge in [-0.05, 0) is 111 Å². The van der Waals surface area contributed by atoms with E-state index in [4.69, 9.17) is 9.68 Å².